The molecule has 1 aliphatic heterocycles. The van der Waals surface area contributed by atoms with E-state index in [4.69, 9.17) is 5.11 Å². The molecule has 1 fully saturated rings. The number of nitrogens with one attached hydrogen (secondary N) is 1. The van der Waals surface area contributed by atoms with E-state index in [2.05, 4.69) is 26.1 Å². The first kappa shape index (κ1) is 17.7. The SMILES string of the molecule is CC(C)(C)CNC1CC(CC(F)(F)F)CN(CCO)C1. The summed E-state index contributed by atoms with van der Waals surface area (Å²) in [6, 6.07) is 0.0712. The minimum atomic E-state index is -4.11. The first-order valence-electron chi connectivity index (χ1n) is 7.22. The van der Waals surface area contributed by atoms with Gasteiger partial charge >= 0.3 is 6.18 Å². The van der Waals surface area contributed by atoms with Gasteiger partial charge < -0.3 is 10.4 Å². The van der Waals surface area contributed by atoms with Gasteiger partial charge in [0.05, 0.1) is 6.61 Å². The molecule has 0 aromatic rings. The average molecular weight is 296 g/mol. The maximum Gasteiger partial charge on any atom is 0.389 e. The van der Waals surface area contributed by atoms with Crippen molar-refractivity contribution in [3.8, 4) is 0 Å². The Bertz CT molecular complexity index is 289. The minimum absolute atomic E-state index is 0.00920. The number of piperidine rings is 1. The molecule has 1 saturated heterocycles. The molecule has 0 aromatic heterocycles. The van der Waals surface area contributed by atoms with Crippen molar-refractivity contribution in [3.05, 3.63) is 0 Å². The molecule has 0 aromatic carbocycles. The van der Waals surface area contributed by atoms with Crippen LogP contribution in [0.5, 0.6) is 0 Å². The Morgan fingerprint density at radius 2 is 1.85 bits per heavy atom. The summed E-state index contributed by atoms with van der Waals surface area (Å²) in [6.45, 7) is 8.65. The van der Waals surface area contributed by atoms with E-state index in [1.807, 2.05) is 4.90 Å². The first-order chi connectivity index (χ1) is 9.09. The number of aliphatic hydroxyl groups is 1. The molecule has 1 aliphatic rings. The molecule has 0 saturated carbocycles. The second-order valence-electron chi connectivity index (χ2n) is 7.04. The van der Waals surface area contributed by atoms with E-state index in [1.165, 1.54) is 0 Å². The van der Waals surface area contributed by atoms with Crippen LogP contribution in [0.2, 0.25) is 0 Å². The molecule has 6 heteroatoms. The summed E-state index contributed by atoms with van der Waals surface area (Å²) in [5.74, 6) is -0.382. The molecule has 0 bridgehead atoms. The minimum Gasteiger partial charge on any atom is -0.395 e. The van der Waals surface area contributed by atoms with Crippen molar-refractivity contribution in [1.82, 2.24) is 10.2 Å². The van der Waals surface area contributed by atoms with Crippen molar-refractivity contribution in [2.24, 2.45) is 11.3 Å². The molecule has 1 rings (SSSR count). The number of hydrogen-bond acceptors (Lipinski definition) is 3. The molecule has 0 amide bonds. The zero-order valence-electron chi connectivity index (χ0n) is 12.6. The molecular formula is C14H27F3N2O. The highest BCUT2D eigenvalue weighted by Gasteiger charge is 2.36. The van der Waals surface area contributed by atoms with Crippen molar-refractivity contribution >= 4 is 0 Å². The van der Waals surface area contributed by atoms with Crippen molar-refractivity contribution in [3.63, 3.8) is 0 Å². The predicted molar refractivity (Wildman–Crippen MR) is 73.6 cm³/mol. The molecule has 120 valence electrons. The number of rotatable bonds is 5. The number of β-amino-alcohol motifs (C(OH)–C–C–N with tert-alkyl or cyclic N) is 1. The summed E-state index contributed by atoms with van der Waals surface area (Å²) in [6.07, 6.45) is -4.29. The third kappa shape index (κ3) is 7.45. The van der Waals surface area contributed by atoms with Gasteiger partial charge in [0.2, 0.25) is 0 Å². The standard InChI is InChI=1S/C14H27F3N2O/c1-13(2,3)10-18-12-6-11(7-14(15,16)17)8-19(9-12)4-5-20/h11-12,18,20H,4-10H2,1-3H3. The molecule has 20 heavy (non-hydrogen) atoms. The number of aliphatic hydroxyl groups excluding tert-OH is 1. The maximum atomic E-state index is 12.6. The van der Waals surface area contributed by atoms with E-state index in [-0.39, 0.29) is 24.0 Å². The molecule has 2 unspecified atom stereocenters. The van der Waals surface area contributed by atoms with Crippen molar-refractivity contribution < 1.29 is 18.3 Å². The van der Waals surface area contributed by atoms with Crippen LogP contribution in [0.4, 0.5) is 13.2 Å². The first-order valence-corrected chi connectivity index (χ1v) is 7.22. The van der Waals surface area contributed by atoms with Crippen LogP contribution in [0, 0.1) is 11.3 Å². The smallest absolute Gasteiger partial charge is 0.389 e. The Labute approximate surface area is 119 Å². The molecule has 2 atom stereocenters. The van der Waals surface area contributed by atoms with Gasteiger partial charge in [-0.05, 0) is 17.8 Å². The van der Waals surface area contributed by atoms with Crippen LogP contribution >= 0.6 is 0 Å². The zero-order chi connectivity index (χ0) is 15.4. The van der Waals surface area contributed by atoms with Gasteiger partial charge in [0.15, 0.2) is 0 Å². The van der Waals surface area contributed by atoms with Crippen LogP contribution in [0.1, 0.15) is 33.6 Å². The highest BCUT2D eigenvalue weighted by molar-refractivity contribution is 4.85. The lowest BCUT2D eigenvalue weighted by molar-refractivity contribution is -0.149. The summed E-state index contributed by atoms with van der Waals surface area (Å²) in [5, 5.41) is 12.4. The van der Waals surface area contributed by atoms with Crippen LogP contribution in [0.25, 0.3) is 0 Å². The van der Waals surface area contributed by atoms with E-state index in [0.29, 0.717) is 26.1 Å². The average Bonchev–Trinajstić information content (AvgIpc) is 2.23. The summed E-state index contributed by atoms with van der Waals surface area (Å²) in [7, 11) is 0. The van der Waals surface area contributed by atoms with E-state index < -0.39 is 12.6 Å². The van der Waals surface area contributed by atoms with Crippen LogP contribution in [0.15, 0.2) is 0 Å². The number of nitrogens with zero attached hydrogens (tertiary/aromatic N) is 1. The van der Waals surface area contributed by atoms with Gasteiger partial charge in [-0.15, -0.1) is 0 Å². The quantitative estimate of drug-likeness (QED) is 0.817. The Morgan fingerprint density at radius 3 is 2.35 bits per heavy atom. The Balaban J connectivity index is 2.56. The lowest BCUT2D eigenvalue weighted by Gasteiger charge is -2.39. The fraction of sp³-hybridized carbons (Fsp3) is 1.00. The van der Waals surface area contributed by atoms with Crippen LogP contribution in [0.3, 0.4) is 0 Å². The Morgan fingerprint density at radius 1 is 1.20 bits per heavy atom. The largest absolute Gasteiger partial charge is 0.395 e. The van der Waals surface area contributed by atoms with Crippen LogP contribution in [-0.4, -0.2) is 55.0 Å². The third-order valence-corrected chi connectivity index (χ3v) is 3.47. The van der Waals surface area contributed by atoms with Gasteiger partial charge in [-0.2, -0.15) is 13.2 Å². The monoisotopic (exact) mass is 296 g/mol. The second kappa shape index (κ2) is 7.09. The molecular weight excluding hydrogens is 269 g/mol. The molecule has 1 heterocycles. The van der Waals surface area contributed by atoms with Crippen molar-refractivity contribution in [2.75, 3.05) is 32.8 Å². The summed E-state index contributed by atoms with van der Waals surface area (Å²) in [4.78, 5) is 1.93. The lowest BCUT2D eigenvalue weighted by atomic mass is 9.90. The fourth-order valence-corrected chi connectivity index (χ4v) is 2.70. The van der Waals surface area contributed by atoms with E-state index >= 15 is 0 Å². The van der Waals surface area contributed by atoms with E-state index in [1.54, 1.807) is 0 Å². The second-order valence-corrected chi connectivity index (χ2v) is 7.04. The van der Waals surface area contributed by atoms with Crippen molar-refractivity contribution in [1.29, 1.82) is 0 Å². The van der Waals surface area contributed by atoms with Gasteiger partial charge in [0.1, 0.15) is 0 Å². The topological polar surface area (TPSA) is 35.5 Å². The van der Waals surface area contributed by atoms with Gasteiger partial charge in [0, 0.05) is 38.6 Å². The Kier molecular flexibility index (Phi) is 6.28. The van der Waals surface area contributed by atoms with Gasteiger partial charge in [0.25, 0.3) is 0 Å². The number of halogens is 3. The number of likely N-dealkylation sites (tertiary alicyclic amines) is 1. The number of alkyl halides is 3. The molecule has 0 radical (unpaired) electrons. The summed E-state index contributed by atoms with van der Waals surface area (Å²) in [5.41, 5.74) is 0.110. The zero-order valence-corrected chi connectivity index (χ0v) is 12.6. The lowest BCUT2D eigenvalue weighted by Crippen LogP contribution is -2.51. The molecule has 0 spiro atoms. The van der Waals surface area contributed by atoms with Gasteiger partial charge in [-0.25, -0.2) is 0 Å². The highest BCUT2D eigenvalue weighted by Crippen LogP contribution is 2.30. The molecule has 3 nitrogen and oxygen atoms in total. The van der Waals surface area contributed by atoms with Gasteiger partial charge in [-0.3, -0.25) is 4.90 Å². The van der Waals surface area contributed by atoms with Crippen LogP contribution in [-0.2, 0) is 0 Å². The highest BCUT2D eigenvalue weighted by atomic mass is 19.4. The molecule has 0 aliphatic carbocycles. The normalized spacial score (nSPS) is 25.9. The van der Waals surface area contributed by atoms with Gasteiger partial charge in [-0.1, -0.05) is 20.8 Å². The Hall–Kier alpha value is -0.330. The fourth-order valence-electron chi connectivity index (χ4n) is 2.70. The molecule has 2 N–H and O–H groups in total. The third-order valence-electron chi connectivity index (χ3n) is 3.47. The van der Waals surface area contributed by atoms with E-state index in [0.717, 1.165) is 6.54 Å². The summed E-state index contributed by atoms with van der Waals surface area (Å²) < 4.78 is 37.7. The summed E-state index contributed by atoms with van der Waals surface area (Å²) >= 11 is 0. The van der Waals surface area contributed by atoms with E-state index in [9.17, 15) is 13.2 Å². The number of hydrogen-bond donors (Lipinski definition) is 2. The van der Waals surface area contributed by atoms with Crippen molar-refractivity contribution in [2.45, 2.75) is 45.8 Å². The predicted octanol–water partition coefficient (Wildman–Crippen LogP) is 2.26. The van der Waals surface area contributed by atoms with Crippen LogP contribution < -0.4 is 5.32 Å². The maximum absolute atomic E-state index is 12.6.